The highest BCUT2D eigenvalue weighted by Crippen LogP contribution is 2.11. The second kappa shape index (κ2) is 5.30. The summed E-state index contributed by atoms with van der Waals surface area (Å²) in [6.07, 6.45) is 0.868. The molecule has 0 aliphatic heterocycles. The van der Waals surface area contributed by atoms with Crippen LogP contribution < -0.4 is 0 Å². The van der Waals surface area contributed by atoms with Gasteiger partial charge in [-0.25, -0.2) is 9.78 Å². The van der Waals surface area contributed by atoms with E-state index in [1.807, 2.05) is 12.1 Å². The van der Waals surface area contributed by atoms with Gasteiger partial charge in [0.05, 0.1) is 13.7 Å². The van der Waals surface area contributed by atoms with Crippen molar-refractivity contribution < 1.29 is 9.78 Å². The molecule has 1 aromatic rings. The summed E-state index contributed by atoms with van der Waals surface area (Å²) >= 11 is 3.40. The van der Waals surface area contributed by atoms with Gasteiger partial charge >= 0.3 is 0 Å². The van der Waals surface area contributed by atoms with Gasteiger partial charge in [-0.15, -0.1) is 0 Å². The predicted octanol–water partition coefficient (Wildman–Crippen LogP) is 2.57. The van der Waals surface area contributed by atoms with Crippen molar-refractivity contribution in [1.29, 1.82) is 0 Å². The molecule has 1 aromatic carbocycles. The number of halogens is 1. The molecule has 0 bridgehead atoms. The van der Waals surface area contributed by atoms with E-state index in [4.69, 9.17) is 4.89 Å². The molecular weight excluding hydrogens is 220 g/mol. The van der Waals surface area contributed by atoms with Gasteiger partial charge in [-0.3, -0.25) is 0 Å². The third-order valence-electron chi connectivity index (χ3n) is 1.48. The monoisotopic (exact) mass is 230 g/mol. The van der Waals surface area contributed by atoms with Crippen LogP contribution >= 0.6 is 15.9 Å². The van der Waals surface area contributed by atoms with Gasteiger partial charge in [0.2, 0.25) is 0 Å². The molecule has 0 unspecified atom stereocenters. The number of hydrogen-bond acceptors (Lipinski definition) is 2. The second-order valence-corrected chi connectivity index (χ2v) is 3.28. The van der Waals surface area contributed by atoms with E-state index in [-0.39, 0.29) is 0 Å². The van der Waals surface area contributed by atoms with Crippen LogP contribution in [0.4, 0.5) is 0 Å². The summed E-state index contributed by atoms with van der Waals surface area (Å²) in [6.45, 7) is 0.590. The standard InChI is InChI=1S/C9H11BrO2/c1-11-12-6-5-8-3-2-4-9(10)7-8/h2-4,7H,5-6H2,1H3. The van der Waals surface area contributed by atoms with Gasteiger partial charge in [-0.05, 0) is 24.1 Å². The lowest BCUT2D eigenvalue weighted by Gasteiger charge is -2.00. The molecule has 0 saturated carbocycles. The van der Waals surface area contributed by atoms with E-state index >= 15 is 0 Å². The van der Waals surface area contributed by atoms with Gasteiger partial charge in [-0.1, -0.05) is 28.1 Å². The smallest absolute Gasteiger partial charge is 0.0862 e. The number of benzene rings is 1. The fraction of sp³-hybridized carbons (Fsp3) is 0.333. The Balaban J connectivity index is 2.41. The first-order valence-electron chi connectivity index (χ1n) is 3.73. The van der Waals surface area contributed by atoms with Crippen LogP contribution in [0.3, 0.4) is 0 Å². The molecule has 0 N–H and O–H groups in total. The lowest BCUT2D eigenvalue weighted by Crippen LogP contribution is -1.96. The van der Waals surface area contributed by atoms with Crippen molar-refractivity contribution >= 4 is 15.9 Å². The first kappa shape index (κ1) is 9.71. The highest BCUT2D eigenvalue weighted by Gasteiger charge is 1.93. The molecule has 0 spiro atoms. The molecule has 0 saturated heterocycles. The van der Waals surface area contributed by atoms with Crippen molar-refractivity contribution in [2.75, 3.05) is 13.7 Å². The van der Waals surface area contributed by atoms with Crippen LogP contribution in [0.2, 0.25) is 0 Å². The van der Waals surface area contributed by atoms with Gasteiger partial charge in [-0.2, -0.15) is 0 Å². The van der Waals surface area contributed by atoms with E-state index in [1.54, 1.807) is 0 Å². The summed E-state index contributed by atoms with van der Waals surface area (Å²) < 4.78 is 1.09. The van der Waals surface area contributed by atoms with Crippen LogP contribution in [-0.2, 0) is 16.2 Å². The van der Waals surface area contributed by atoms with Crippen LogP contribution in [0.5, 0.6) is 0 Å². The van der Waals surface area contributed by atoms with Crippen LogP contribution in [-0.4, -0.2) is 13.7 Å². The van der Waals surface area contributed by atoms with E-state index in [9.17, 15) is 0 Å². The minimum atomic E-state index is 0.590. The summed E-state index contributed by atoms with van der Waals surface area (Å²) in [6, 6.07) is 8.13. The highest BCUT2D eigenvalue weighted by molar-refractivity contribution is 9.10. The maximum atomic E-state index is 4.76. The maximum Gasteiger partial charge on any atom is 0.0862 e. The first-order chi connectivity index (χ1) is 5.83. The van der Waals surface area contributed by atoms with E-state index < -0.39 is 0 Å². The molecule has 0 aliphatic carbocycles. The zero-order chi connectivity index (χ0) is 8.81. The third kappa shape index (κ3) is 3.34. The molecule has 3 heteroatoms. The first-order valence-corrected chi connectivity index (χ1v) is 4.52. The number of rotatable bonds is 4. The number of hydrogen-bond donors (Lipinski definition) is 0. The molecule has 0 radical (unpaired) electrons. The van der Waals surface area contributed by atoms with E-state index in [0.717, 1.165) is 10.9 Å². The van der Waals surface area contributed by atoms with Crippen LogP contribution in [0, 0.1) is 0 Å². The predicted molar refractivity (Wildman–Crippen MR) is 50.8 cm³/mol. The Morgan fingerprint density at radius 1 is 1.42 bits per heavy atom. The molecule has 0 aromatic heterocycles. The molecule has 66 valence electrons. The SMILES string of the molecule is COOCCc1cccc(Br)c1. The van der Waals surface area contributed by atoms with Crippen LogP contribution in [0.15, 0.2) is 28.7 Å². The summed E-state index contributed by atoms with van der Waals surface area (Å²) in [5, 5.41) is 0. The lowest BCUT2D eigenvalue weighted by molar-refractivity contribution is -0.271. The van der Waals surface area contributed by atoms with E-state index in [2.05, 4.69) is 33.0 Å². The Kier molecular flexibility index (Phi) is 4.29. The largest absolute Gasteiger partial charge is 0.240 e. The quantitative estimate of drug-likeness (QED) is 0.450. The summed E-state index contributed by atoms with van der Waals surface area (Å²) in [5.41, 5.74) is 1.24. The maximum absolute atomic E-state index is 4.76. The van der Waals surface area contributed by atoms with Gasteiger partial charge in [0.25, 0.3) is 0 Å². The molecule has 0 fully saturated rings. The Bertz CT molecular complexity index is 238. The molecule has 0 heterocycles. The van der Waals surface area contributed by atoms with Crippen molar-refractivity contribution in [3.8, 4) is 0 Å². The van der Waals surface area contributed by atoms with Gasteiger partial charge in [0, 0.05) is 4.47 Å². The average molecular weight is 231 g/mol. The molecule has 1 rings (SSSR count). The van der Waals surface area contributed by atoms with Gasteiger partial charge in [0.15, 0.2) is 0 Å². The average Bonchev–Trinajstić information content (AvgIpc) is 2.05. The Morgan fingerprint density at radius 2 is 2.25 bits per heavy atom. The topological polar surface area (TPSA) is 18.5 Å². The molecule has 12 heavy (non-hydrogen) atoms. The van der Waals surface area contributed by atoms with Crippen LogP contribution in [0.25, 0.3) is 0 Å². The fourth-order valence-electron chi connectivity index (χ4n) is 0.935. The fourth-order valence-corrected chi connectivity index (χ4v) is 1.38. The Labute approximate surface area is 80.6 Å². The van der Waals surface area contributed by atoms with E-state index in [0.29, 0.717) is 6.61 Å². The van der Waals surface area contributed by atoms with Crippen molar-refractivity contribution in [2.24, 2.45) is 0 Å². The van der Waals surface area contributed by atoms with Crippen molar-refractivity contribution in [3.05, 3.63) is 34.3 Å². The molecule has 0 aliphatic rings. The molecule has 2 nitrogen and oxygen atoms in total. The summed E-state index contributed by atoms with van der Waals surface area (Å²) in [7, 11) is 1.51. The minimum Gasteiger partial charge on any atom is -0.240 e. The third-order valence-corrected chi connectivity index (χ3v) is 1.97. The second-order valence-electron chi connectivity index (χ2n) is 2.37. The molecule has 0 amide bonds. The van der Waals surface area contributed by atoms with Crippen molar-refractivity contribution in [3.63, 3.8) is 0 Å². The normalized spacial score (nSPS) is 10.2. The van der Waals surface area contributed by atoms with Crippen LogP contribution in [0.1, 0.15) is 5.56 Å². The minimum absolute atomic E-state index is 0.590. The van der Waals surface area contributed by atoms with Crippen molar-refractivity contribution in [1.82, 2.24) is 0 Å². The zero-order valence-corrected chi connectivity index (χ0v) is 8.50. The Hall–Kier alpha value is -0.380. The summed E-state index contributed by atoms with van der Waals surface area (Å²) in [5.74, 6) is 0. The van der Waals surface area contributed by atoms with E-state index in [1.165, 1.54) is 12.7 Å². The van der Waals surface area contributed by atoms with Gasteiger partial charge in [0.1, 0.15) is 0 Å². The lowest BCUT2D eigenvalue weighted by atomic mass is 10.2. The zero-order valence-electron chi connectivity index (χ0n) is 6.92. The Morgan fingerprint density at radius 3 is 2.92 bits per heavy atom. The molecule has 0 atom stereocenters. The van der Waals surface area contributed by atoms with Gasteiger partial charge < -0.3 is 0 Å². The summed E-state index contributed by atoms with van der Waals surface area (Å²) in [4.78, 5) is 9.24. The molecular formula is C9H11BrO2. The van der Waals surface area contributed by atoms with Crippen molar-refractivity contribution in [2.45, 2.75) is 6.42 Å². The highest BCUT2D eigenvalue weighted by atomic mass is 79.9.